The van der Waals surface area contributed by atoms with E-state index in [1.165, 1.54) is 0 Å². The molecule has 2 aromatic rings. The molecule has 0 aliphatic carbocycles. The van der Waals surface area contributed by atoms with Crippen LogP contribution in [0.15, 0.2) is 48.5 Å². The van der Waals surface area contributed by atoms with Gasteiger partial charge in [-0.3, -0.25) is 9.59 Å². The quantitative estimate of drug-likeness (QED) is 0.523. The lowest BCUT2D eigenvalue weighted by Gasteiger charge is -2.32. The number of hydrogen-bond acceptors (Lipinski definition) is 5. The van der Waals surface area contributed by atoms with Crippen LogP contribution in [-0.4, -0.2) is 49.2 Å². The molecule has 1 aliphatic rings. The van der Waals surface area contributed by atoms with Crippen molar-refractivity contribution in [3.05, 3.63) is 54.1 Å². The fraction of sp³-hybridized carbons (Fsp3) is 0.417. The Labute approximate surface area is 183 Å². The Morgan fingerprint density at radius 1 is 1.03 bits per heavy atom. The van der Waals surface area contributed by atoms with Crippen LogP contribution in [0.4, 0.5) is 17.1 Å². The number of rotatable bonds is 8. The van der Waals surface area contributed by atoms with Gasteiger partial charge in [0, 0.05) is 19.6 Å². The van der Waals surface area contributed by atoms with Crippen molar-refractivity contribution in [2.45, 2.75) is 32.8 Å². The second-order valence-corrected chi connectivity index (χ2v) is 8.29. The molecule has 7 heteroatoms. The number of carbonyl (C=O) groups is 2. The van der Waals surface area contributed by atoms with Gasteiger partial charge in [-0.1, -0.05) is 38.1 Å². The fourth-order valence-electron chi connectivity index (χ4n) is 3.56. The first-order valence-electron chi connectivity index (χ1n) is 10.9. The van der Waals surface area contributed by atoms with Crippen molar-refractivity contribution in [3.63, 3.8) is 0 Å². The Hall–Kier alpha value is -3.06. The molecule has 0 atom stereocenters. The van der Waals surface area contributed by atoms with Gasteiger partial charge in [0.15, 0.2) is 0 Å². The molecule has 2 aromatic carbocycles. The predicted octanol–water partition coefficient (Wildman–Crippen LogP) is 3.08. The highest BCUT2D eigenvalue weighted by Gasteiger charge is 2.19. The normalized spacial score (nSPS) is 14.4. The first-order valence-corrected chi connectivity index (χ1v) is 10.9. The molecule has 0 radical (unpaired) electrons. The summed E-state index contributed by atoms with van der Waals surface area (Å²) in [6, 6.07) is 14.9. The van der Waals surface area contributed by atoms with E-state index in [-0.39, 0.29) is 24.5 Å². The summed E-state index contributed by atoms with van der Waals surface area (Å²) < 4.78 is 0. The highest BCUT2D eigenvalue weighted by atomic mass is 16.3. The molecule has 0 spiro atoms. The second kappa shape index (κ2) is 10.8. The summed E-state index contributed by atoms with van der Waals surface area (Å²) in [5, 5.41) is 18.7. The summed E-state index contributed by atoms with van der Waals surface area (Å²) in [6.45, 7) is 6.28. The SMILES string of the molecule is CC(C)CNC(=O)c1ccccc1NC(=O)CNc1ccccc1N1CCC(O)CC1. The van der Waals surface area contributed by atoms with E-state index in [4.69, 9.17) is 0 Å². The number of benzene rings is 2. The number of para-hydroxylation sites is 3. The van der Waals surface area contributed by atoms with Crippen molar-refractivity contribution in [1.29, 1.82) is 0 Å². The van der Waals surface area contributed by atoms with Gasteiger partial charge in [-0.25, -0.2) is 0 Å². The molecule has 166 valence electrons. The van der Waals surface area contributed by atoms with Crippen LogP contribution in [0.3, 0.4) is 0 Å². The Morgan fingerprint density at radius 2 is 1.68 bits per heavy atom. The number of anilines is 3. The molecule has 2 amide bonds. The summed E-state index contributed by atoms with van der Waals surface area (Å²) in [4.78, 5) is 27.3. The minimum absolute atomic E-state index is 0.0788. The fourth-order valence-corrected chi connectivity index (χ4v) is 3.56. The Balaban J connectivity index is 1.61. The van der Waals surface area contributed by atoms with Crippen LogP contribution in [0.25, 0.3) is 0 Å². The van der Waals surface area contributed by atoms with E-state index >= 15 is 0 Å². The molecule has 1 aliphatic heterocycles. The van der Waals surface area contributed by atoms with E-state index in [0.717, 1.165) is 37.3 Å². The monoisotopic (exact) mass is 424 g/mol. The summed E-state index contributed by atoms with van der Waals surface area (Å²) in [7, 11) is 0. The van der Waals surface area contributed by atoms with Crippen molar-refractivity contribution in [1.82, 2.24) is 5.32 Å². The van der Waals surface area contributed by atoms with Gasteiger partial charge in [-0.05, 0) is 43.0 Å². The molecule has 7 nitrogen and oxygen atoms in total. The first kappa shape index (κ1) is 22.6. The number of aliphatic hydroxyl groups is 1. The molecule has 1 fully saturated rings. The minimum atomic E-state index is -0.236. The average molecular weight is 425 g/mol. The summed E-state index contributed by atoms with van der Waals surface area (Å²) in [6.07, 6.45) is 1.24. The van der Waals surface area contributed by atoms with Crippen molar-refractivity contribution < 1.29 is 14.7 Å². The highest BCUT2D eigenvalue weighted by molar-refractivity contribution is 6.04. The third-order valence-corrected chi connectivity index (χ3v) is 5.27. The van der Waals surface area contributed by atoms with Gasteiger partial charge in [0.25, 0.3) is 5.91 Å². The van der Waals surface area contributed by atoms with Crippen LogP contribution < -0.4 is 20.9 Å². The maximum atomic E-state index is 12.6. The Morgan fingerprint density at radius 3 is 2.39 bits per heavy atom. The van der Waals surface area contributed by atoms with Gasteiger partial charge in [-0.2, -0.15) is 0 Å². The molecule has 0 saturated carbocycles. The maximum absolute atomic E-state index is 12.6. The van der Waals surface area contributed by atoms with Crippen molar-refractivity contribution >= 4 is 28.9 Å². The summed E-state index contributed by atoms with van der Waals surface area (Å²) >= 11 is 0. The maximum Gasteiger partial charge on any atom is 0.253 e. The average Bonchev–Trinajstić information content (AvgIpc) is 2.77. The van der Waals surface area contributed by atoms with Gasteiger partial charge in [0.2, 0.25) is 5.91 Å². The van der Waals surface area contributed by atoms with E-state index in [9.17, 15) is 14.7 Å². The lowest BCUT2D eigenvalue weighted by atomic mass is 10.1. The van der Waals surface area contributed by atoms with E-state index in [0.29, 0.717) is 23.7 Å². The lowest BCUT2D eigenvalue weighted by molar-refractivity contribution is -0.114. The zero-order valence-electron chi connectivity index (χ0n) is 18.2. The van der Waals surface area contributed by atoms with Gasteiger partial charge >= 0.3 is 0 Å². The molecule has 1 heterocycles. The molecular weight excluding hydrogens is 392 g/mol. The molecular formula is C24H32N4O3. The van der Waals surface area contributed by atoms with Crippen LogP contribution in [0.5, 0.6) is 0 Å². The molecule has 31 heavy (non-hydrogen) atoms. The zero-order valence-corrected chi connectivity index (χ0v) is 18.2. The van der Waals surface area contributed by atoms with Gasteiger partial charge < -0.3 is 26.0 Å². The Kier molecular flexibility index (Phi) is 7.89. The predicted molar refractivity (Wildman–Crippen MR) is 125 cm³/mol. The van der Waals surface area contributed by atoms with Gasteiger partial charge in [0.1, 0.15) is 0 Å². The van der Waals surface area contributed by atoms with Gasteiger partial charge in [0.05, 0.1) is 35.3 Å². The standard InChI is InChI=1S/C24H32N4O3/c1-17(2)15-26-24(31)19-7-3-4-8-20(19)27-23(30)16-25-21-9-5-6-10-22(21)28-13-11-18(29)12-14-28/h3-10,17-18,25,29H,11-16H2,1-2H3,(H,26,31)(H,27,30). The lowest BCUT2D eigenvalue weighted by Crippen LogP contribution is -2.36. The molecule has 0 aromatic heterocycles. The molecule has 4 N–H and O–H groups in total. The second-order valence-electron chi connectivity index (χ2n) is 8.29. The van der Waals surface area contributed by atoms with E-state index in [1.807, 2.05) is 38.1 Å². The van der Waals surface area contributed by atoms with Crippen LogP contribution in [0, 0.1) is 5.92 Å². The number of amides is 2. The molecule has 0 unspecified atom stereocenters. The number of carbonyl (C=O) groups excluding carboxylic acids is 2. The van der Waals surface area contributed by atoms with Crippen molar-refractivity contribution in [2.75, 3.05) is 41.7 Å². The van der Waals surface area contributed by atoms with Crippen molar-refractivity contribution in [2.24, 2.45) is 5.92 Å². The number of hydrogen-bond donors (Lipinski definition) is 4. The number of nitrogens with one attached hydrogen (secondary N) is 3. The van der Waals surface area contributed by atoms with Crippen molar-refractivity contribution in [3.8, 4) is 0 Å². The van der Waals surface area contributed by atoms with E-state index < -0.39 is 0 Å². The third kappa shape index (κ3) is 6.46. The van der Waals surface area contributed by atoms with E-state index in [1.54, 1.807) is 24.3 Å². The van der Waals surface area contributed by atoms with Crippen LogP contribution in [0.1, 0.15) is 37.0 Å². The Bertz CT molecular complexity index is 892. The summed E-state index contributed by atoms with van der Waals surface area (Å²) in [5.74, 6) is -0.0821. The third-order valence-electron chi connectivity index (χ3n) is 5.27. The number of aliphatic hydroxyl groups excluding tert-OH is 1. The van der Waals surface area contributed by atoms with Gasteiger partial charge in [-0.15, -0.1) is 0 Å². The zero-order chi connectivity index (χ0) is 22.2. The molecule has 0 bridgehead atoms. The number of nitrogens with zero attached hydrogens (tertiary/aromatic N) is 1. The van der Waals surface area contributed by atoms with Crippen LogP contribution in [-0.2, 0) is 4.79 Å². The smallest absolute Gasteiger partial charge is 0.253 e. The largest absolute Gasteiger partial charge is 0.393 e. The van der Waals surface area contributed by atoms with Crippen LogP contribution >= 0.6 is 0 Å². The molecule has 1 saturated heterocycles. The minimum Gasteiger partial charge on any atom is -0.393 e. The summed E-state index contributed by atoms with van der Waals surface area (Å²) in [5.41, 5.74) is 2.84. The highest BCUT2D eigenvalue weighted by Crippen LogP contribution is 2.28. The van der Waals surface area contributed by atoms with E-state index in [2.05, 4.69) is 20.9 Å². The molecule has 3 rings (SSSR count). The topological polar surface area (TPSA) is 93.7 Å². The number of piperidine rings is 1. The van der Waals surface area contributed by atoms with Crippen LogP contribution in [0.2, 0.25) is 0 Å². The first-order chi connectivity index (χ1) is 14.9.